The van der Waals surface area contributed by atoms with E-state index in [0.717, 1.165) is 54.4 Å². The molecule has 0 spiro atoms. The van der Waals surface area contributed by atoms with E-state index in [4.69, 9.17) is 9.97 Å². The fourth-order valence-electron chi connectivity index (χ4n) is 3.50. The summed E-state index contributed by atoms with van der Waals surface area (Å²) in [5.41, 5.74) is 3.23. The summed E-state index contributed by atoms with van der Waals surface area (Å²) in [6, 6.07) is 14.0. The van der Waals surface area contributed by atoms with Crippen LogP contribution < -0.4 is 10.2 Å². The number of nitrogens with zero attached hydrogens (tertiary/aromatic N) is 5. The normalized spacial score (nSPS) is 14.5. The molecule has 1 aliphatic rings. The largest absolute Gasteiger partial charge is 0.354 e. The third kappa shape index (κ3) is 2.99. The molecular weight excluding hydrogens is 355 g/mol. The molecule has 1 fully saturated rings. The minimum Gasteiger partial charge on any atom is -0.354 e. The average molecular weight is 373 g/mol. The second-order valence-electron chi connectivity index (χ2n) is 6.67. The summed E-state index contributed by atoms with van der Waals surface area (Å²) in [6.45, 7) is 3.72. The fraction of sp³-hybridized carbons (Fsp3) is 0.190. The molecule has 1 radical (unpaired) electrons. The van der Waals surface area contributed by atoms with Crippen molar-refractivity contribution in [2.24, 2.45) is 0 Å². The number of aromatic nitrogens is 4. The summed E-state index contributed by atoms with van der Waals surface area (Å²) in [7, 11) is 0. The molecule has 0 unspecified atom stereocenters. The van der Waals surface area contributed by atoms with Crippen LogP contribution in [0.4, 0.5) is 10.2 Å². The lowest BCUT2D eigenvalue weighted by atomic mass is 10.2. The van der Waals surface area contributed by atoms with Gasteiger partial charge in [-0.05, 0) is 48.5 Å². The quantitative estimate of drug-likeness (QED) is 0.598. The molecule has 28 heavy (non-hydrogen) atoms. The highest BCUT2D eigenvalue weighted by atomic mass is 19.1. The molecule has 7 heteroatoms. The number of pyridine rings is 2. The molecule has 1 aromatic carbocycles. The van der Waals surface area contributed by atoms with E-state index < -0.39 is 0 Å². The van der Waals surface area contributed by atoms with Gasteiger partial charge in [-0.3, -0.25) is 9.55 Å². The Kier molecular flexibility index (Phi) is 4.21. The number of imidazole rings is 1. The van der Waals surface area contributed by atoms with Gasteiger partial charge < -0.3 is 10.2 Å². The summed E-state index contributed by atoms with van der Waals surface area (Å²) in [4.78, 5) is 16.0. The van der Waals surface area contributed by atoms with Crippen molar-refractivity contribution in [1.82, 2.24) is 24.8 Å². The van der Waals surface area contributed by atoms with Crippen molar-refractivity contribution in [3.63, 3.8) is 0 Å². The van der Waals surface area contributed by atoms with Crippen LogP contribution >= 0.6 is 0 Å². The van der Waals surface area contributed by atoms with Gasteiger partial charge in [-0.15, -0.1) is 0 Å². The maximum Gasteiger partial charge on any atom is 0.167 e. The lowest BCUT2D eigenvalue weighted by Crippen LogP contribution is -2.43. The van der Waals surface area contributed by atoms with E-state index in [0.29, 0.717) is 5.82 Å². The maximum absolute atomic E-state index is 13.4. The Bertz CT molecular complexity index is 1100. The van der Waals surface area contributed by atoms with Crippen LogP contribution in [0, 0.1) is 12.0 Å². The minimum atomic E-state index is -0.275. The van der Waals surface area contributed by atoms with E-state index in [1.165, 1.54) is 12.1 Å². The highest BCUT2D eigenvalue weighted by Gasteiger charge is 2.18. The molecular formula is C21H18FN6. The average Bonchev–Trinajstić information content (AvgIpc) is 3.14. The molecule has 3 aromatic heterocycles. The molecule has 0 saturated carbocycles. The van der Waals surface area contributed by atoms with E-state index in [-0.39, 0.29) is 5.82 Å². The van der Waals surface area contributed by atoms with Gasteiger partial charge in [0.1, 0.15) is 23.0 Å². The zero-order valence-corrected chi connectivity index (χ0v) is 15.1. The van der Waals surface area contributed by atoms with Gasteiger partial charge in [-0.2, -0.15) is 0 Å². The van der Waals surface area contributed by atoms with Crippen LogP contribution in [0.15, 0.2) is 54.7 Å². The van der Waals surface area contributed by atoms with Crippen molar-refractivity contribution in [2.75, 3.05) is 31.1 Å². The molecule has 6 nitrogen and oxygen atoms in total. The monoisotopic (exact) mass is 373 g/mol. The number of piperazine rings is 1. The summed E-state index contributed by atoms with van der Waals surface area (Å²) in [5.74, 6) is 1.36. The number of fused-ring (bicyclic) bond motifs is 1. The zero-order valence-electron chi connectivity index (χ0n) is 15.1. The standard InChI is InChI=1S/C21H18FN6/c22-16-3-1-15(2-4-16)20-25-18-5-6-19(27-13-11-24-12-14-27)26-21(18)28(20)17-7-9-23-10-8-17/h1-9,24H,11-14H2. The van der Waals surface area contributed by atoms with Gasteiger partial charge in [0, 0.05) is 37.9 Å². The molecule has 5 rings (SSSR count). The van der Waals surface area contributed by atoms with E-state index in [1.54, 1.807) is 24.4 Å². The third-order valence-electron chi connectivity index (χ3n) is 4.90. The van der Waals surface area contributed by atoms with Gasteiger partial charge >= 0.3 is 0 Å². The Hall–Kier alpha value is -3.32. The van der Waals surface area contributed by atoms with E-state index in [2.05, 4.69) is 21.4 Å². The van der Waals surface area contributed by atoms with Gasteiger partial charge in [0.25, 0.3) is 0 Å². The van der Waals surface area contributed by atoms with Crippen LogP contribution in [0.5, 0.6) is 0 Å². The van der Waals surface area contributed by atoms with Crippen LogP contribution in [0.2, 0.25) is 0 Å². The molecule has 0 amide bonds. The molecule has 0 bridgehead atoms. The van der Waals surface area contributed by atoms with Gasteiger partial charge in [-0.25, -0.2) is 14.4 Å². The molecule has 1 aliphatic heterocycles. The first kappa shape index (κ1) is 16.8. The summed E-state index contributed by atoms with van der Waals surface area (Å²) < 4.78 is 15.4. The molecule has 4 aromatic rings. The van der Waals surface area contributed by atoms with Gasteiger partial charge in [0.05, 0.1) is 11.9 Å². The van der Waals surface area contributed by atoms with Crippen molar-refractivity contribution >= 4 is 17.0 Å². The summed E-state index contributed by atoms with van der Waals surface area (Å²) in [5, 5.41) is 3.36. The Balaban J connectivity index is 1.71. The zero-order chi connectivity index (χ0) is 18.9. The number of benzene rings is 1. The van der Waals surface area contributed by atoms with Crippen molar-refractivity contribution in [3.05, 3.63) is 66.7 Å². The first-order chi connectivity index (χ1) is 13.8. The smallest absolute Gasteiger partial charge is 0.167 e. The molecule has 1 saturated heterocycles. The van der Waals surface area contributed by atoms with Crippen molar-refractivity contribution in [3.8, 4) is 17.1 Å². The lowest BCUT2D eigenvalue weighted by molar-refractivity contribution is 0.585. The first-order valence-electron chi connectivity index (χ1n) is 9.23. The summed E-state index contributed by atoms with van der Waals surface area (Å²) in [6.07, 6.45) is 4.56. The van der Waals surface area contributed by atoms with E-state index in [9.17, 15) is 4.39 Å². The third-order valence-corrected chi connectivity index (χ3v) is 4.90. The van der Waals surface area contributed by atoms with Crippen molar-refractivity contribution in [2.45, 2.75) is 0 Å². The Labute approximate surface area is 161 Å². The number of nitrogens with one attached hydrogen (secondary N) is 1. The van der Waals surface area contributed by atoms with Gasteiger partial charge in [0.15, 0.2) is 5.65 Å². The number of hydrogen-bond donors (Lipinski definition) is 1. The minimum absolute atomic E-state index is 0.275. The number of anilines is 1. The topological polar surface area (TPSA) is 58.9 Å². The number of rotatable bonds is 3. The Morgan fingerprint density at radius 3 is 2.54 bits per heavy atom. The fourth-order valence-corrected chi connectivity index (χ4v) is 3.50. The van der Waals surface area contributed by atoms with Crippen LogP contribution in [0.3, 0.4) is 0 Å². The van der Waals surface area contributed by atoms with Gasteiger partial charge in [-0.1, -0.05) is 0 Å². The predicted molar refractivity (Wildman–Crippen MR) is 106 cm³/mol. The van der Waals surface area contributed by atoms with Crippen molar-refractivity contribution < 1.29 is 4.39 Å². The highest BCUT2D eigenvalue weighted by molar-refractivity contribution is 5.81. The molecule has 1 N–H and O–H groups in total. The molecule has 0 atom stereocenters. The van der Waals surface area contributed by atoms with Crippen molar-refractivity contribution in [1.29, 1.82) is 0 Å². The highest BCUT2D eigenvalue weighted by Crippen LogP contribution is 2.29. The maximum atomic E-state index is 13.4. The van der Waals surface area contributed by atoms with Gasteiger partial charge in [0.2, 0.25) is 0 Å². The second-order valence-corrected chi connectivity index (χ2v) is 6.67. The molecule has 0 aliphatic carbocycles. The summed E-state index contributed by atoms with van der Waals surface area (Å²) >= 11 is 0. The second kappa shape index (κ2) is 7.01. The van der Waals surface area contributed by atoms with E-state index in [1.807, 2.05) is 22.8 Å². The SMILES string of the molecule is Fc1ccc(-c2nc3ccc(N4CCNCC4)nc3n2-c2c[c]ncc2)cc1. The van der Waals surface area contributed by atoms with Crippen LogP contribution in [-0.4, -0.2) is 45.7 Å². The number of halogens is 1. The van der Waals surface area contributed by atoms with Crippen LogP contribution in [0.25, 0.3) is 28.2 Å². The Morgan fingerprint density at radius 1 is 0.964 bits per heavy atom. The number of hydrogen-bond acceptors (Lipinski definition) is 5. The van der Waals surface area contributed by atoms with Crippen LogP contribution in [0.1, 0.15) is 0 Å². The predicted octanol–water partition coefficient (Wildman–Crippen LogP) is 2.83. The lowest BCUT2D eigenvalue weighted by Gasteiger charge is -2.28. The molecule has 4 heterocycles. The molecule has 139 valence electrons. The van der Waals surface area contributed by atoms with Crippen LogP contribution in [-0.2, 0) is 0 Å². The Morgan fingerprint density at radius 2 is 1.79 bits per heavy atom. The first-order valence-corrected chi connectivity index (χ1v) is 9.23. The van der Waals surface area contributed by atoms with E-state index >= 15 is 0 Å².